The van der Waals surface area contributed by atoms with Crippen LogP contribution in [0.15, 0.2) is 29.3 Å². The summed E-state index contributed by atoms with van der Waals surface area (Å²) in [5.41, 5.74) is 1.54. The minimum absolute atomic E-state index is 0.318. The normalized spacial score (nSPS) is 36.2. The highest BCUT2D eigenvalue weighted by Crippen LogP contribution is 2.66. The Hall–Kier alpha value is -1.31. The molecule has 1 aromatic rings. The van der Waals surface area contributed by atoms with Gasteiger partial charge in [0.15, 0.2) is 0 Å². The predicted octanol–water partition coefficient (Wildman–Crippen LogP) is 4.03. The first kappa shape index (κ1) is 12.7. The van der Waals surface area contributed by atoms with Gasteiger partial charge in [0, 0.05) is 11.8 Å². The zero-order valence-electron chi connectivity index (χ0n) is 12.1. The number of phenolic OH excluding ortho intramolecular Hbond substituents is 1. The smallest absolute Gasteiger partial charge is 0.124 e. The average molecular weight is 257 g/mol. The summed E-state index contributed by atoms with van der Waals surface area (Å²) in [7, 11) is 0. The molecule has 2 saturated carbocycles. The zero-order chi connectivity index (χ0) is 13.7. The van der Waals surface area contributed by atoms with E-state index < -0.39 is 0 Å². The minimum atomic E-state index is 0.318. The van der Waals surface area contributed by atoms with Gasteiger partial charge < -0.3 is 5.11 Å². The average Bonchev–Trinajstić information content (AvgIpc) is 2.70. The minimum Gasteiger partial charge on any atom is -0.507 e. The first-order valence-electron chi connectivity index (χ1n) is 7.26. The number of nitrogens with zero attached hydrogens (tertiary/aromatic N) is 1. The number of fused-ring (bicyclic) bond motifs is 2. The fourth-order valence-electron chi connectivity index (χ4n) is 4.15. The summed E-state index contributed by atoms with van der Waals surface area (Å²) in [4.78, 5) is 4.82. The number of aromatic hydroxyl groups is 1. The molecule has 0 spiro atoms. The van der Waals surface area contributed by atoms with Gasteiger partial charge in [-0.25, -0.2) is 0 Å². The van der Waals surface area contributed by atoms with Gasteiger partial charge in [0.1, 0.15) is 5.75 Å². The Kier molecular flexibility index (Phi) is 2.74. The number of benzene rings is 1. The van der Waals surface area contributed by atoms with Crippen LogP contribution < -0.4 is 0 Å². The monoisotopic (exact) mass is 257 g/mol. The Balaban J connectivity index is 1.85. The molecule has 102 valence electrons. The van der Waals surface area contributed by atoms with E-state index in [-0.39, 0.29) is 0 Å². The van der Waals surface area contributed by atoms with E-state index in [0.717, 1.165) is 11.5 Å². The predicted molar refractivity (Wildman–Crippen MR) is 78.7 cm³/mol. The summed E-state index contributed by atoms with van der Waals surface area (Å²) in [6.45, 7) is 7.20. The van der Waals surface area contributed by atoms with E-state index in [2.05, 4.69) is 20.8 Å². The topological polar surface area (TPSA) is 32.6 Å². The lowest BCUT2D eigenvalue weighted by Gasteiger charge is -2.37. The Bertz CT molecular complexity index is 520. The molecule has 2 nitrogen and oxygen atoms in total. The van der Waals surface area contributed by atoms with Crippen molar-refractivity contribution in [2.45, 2.75) is 46.1 Å². The van der Waals surface area contributed by atoms with Gasteiger partial charge in [-0.15, -0.1) is 0 Å². The number of hydrogen-bond donors (Lipinski definition) is 1. The molecule has 1 N–H and O–H groups in total. The third kappa shape index (κ3) is 1.73. The third-order valence-corrected chi connectivity index (χ3v) is 6.08. The van der Waals surface area contributed by atoms with Gasteiger partial charge in [-0.1, -0.05) is 32.9 Å². The first-order chi connectivity index (χ1) is 8.95. The number of rotatable bonds is 2. The van der Waals surface area contributed by atoms with Gasteiger partial charge in [-0.05, 0) is 48.1 Å². The zero-order valence-corrected chi connectivity index (χ0v) is 12.1. The molecular formula is C17H23NO. The lowest BCUT2D eigenvalue weighted by molar-refractivity contribution is 0.137. The van der Waals surface area contributed by atoms with Crippen LogP contribution in [0.2, 0.25) is 0 Å². The molecule has 19 heavy (non-hydrogen) atoms. The molecule has 2 heteroatoms. The van der Waals surface area contributed by atoms with Crippen LogP contribution in [0.25, 0.3) is 0 Å². The quantitative estimate of drug-likeness (QED) is 0.797. The molecule has 3 atom stereocenters. The second-order valence-corrected chi connectivity index (χ2v) is 6.96. The van der Waals surface area contributed by atoms with Gasteiger partial charge in [-0.2, -0.15) is 0 Å². The van der Waals surface area contributed by atoms with Crippen molar-refractivity contribution in [3.05, 3.63) is 29.8 Å². The molecule has 0 unspecified atom stereocenters. The number of phenols is 1. The van der Waals surface area contributed by atoms with Crippen molar-refractivity contribution >= 4 is 6.21 Å². The molecule has 0 aliphatic heterocycles. The summed E-state index contributed by atoms with van der Waals surface area (Å²) < 4.78 is 0. The van der Waals surface area contributed by atoms with Crippen molar-refractivity contribution in [3.63, 3.8) is 0 Å². The molecule has 1 aromatic carbocycles. The van der Waals surface area contributed by atoms with Crippen LogP contribution in [0.5, 0.6) is 5.75 Å². The van der Waals surface area contributed by atoms with Crippen LogP contribution in [-0.4, -0.2) is 17.4 Å². The summed E-state index contributed by atoms with van der Waals surface area (Å²) in [5.74, 6) is 1.13. The summed E-state index contributed by atoms with van der Waals surface area (Å²) in [6, 6.07) is 7.82. The van der Waals surface area contributed by atoms with E-state index in [1.807, 2.05) is 24.4 Å². The van der Waals surface area contributed by atoms with E-state index in [1.54, 1.807) is 6.07 Å². The Labute approximate surface area is 115 Å². The van der Waals surface area contributed by atoms with E-state index in [1.165, 1.54) is 19.3 Å². The fourth-order valence-corrected chi connectivity index (χ4v) is 4.15. The summed E-state index contributed by atoms with van der Waals surface area (Å²) in [6.07, 6.45) is 5.70. The molecule has 3 rings (SSSR count). The van der Waals surface area contributed by atoms with Crippen molar-refractivity contribution in [2.24, 2.45) is 21.7 Å². The lowest BCUT2D eigenvalue weighted by Crippen LogP contribution is -2.34. The maximum Gasteiger partial charge on any atom is 0.124 e. The highest BCUT2D eigenvalue weighted by atomic mass is 16.3. The lowest BCUT2D eigenvalue weighted by atomic mass is 9.69. The van der Waals surface area contributed by atoms with Crippen LogP contribution in [0.1, 0.15) is 45.6 Å². The highest BCUT2D eigenvalue weighted by Gasteiger charge is 2.61. The second-order valence-electron chi connectivity index (χ2n) is 6.96. The van der Waals surface area contributed by atoms with Crippen LogP contribution in [0.4, 0.5) is 0 Å². The van der Waals surface area contributed by atoms with Crippen LogP contribution in [-0.2, 0) is 0 Å². The van der Waals surface area contributed by atoms with Crippen molar-refractivity contribution in [1.82, 2.24) is 0 Å². The maximum atomic E-state index is 9.79. The molecular weight excluding hydrogens is 234 g/mol. The molecule has 2 fully saturated rings. The maximum absolute atomic E-state index is 9.79. The van der Waals surface area contributed by atoms with Gasteiger partial charge in [0.2, 0.25) is 0 Å². The number of aliphatic imine (C=N–C) groups is 1. The van der Waals surface area contributed by atoms with Crippen molar-refractivity contribution < 1.29 is 5.11 Å². The standard InChI is InChI=1S/C17H23NO/c1-16(2)13-8-9-17(16,3)15(10-13)18-11-12-6-4-5-7-14(12)19/h4-7,11,13,15,19H,8-10H2,1-3H3/t13-,15-,17+/m1/s1. The molecule has 0 amide bonds. The molecule has 2 aliphatic rings. The Morgan fingerprint density at radius 1 is 1.26 bits per heavy atom. The van der Waals surface area contributed by atoms with Crippen LogP contribution >= 0.6 is 0 Å². The van der Waals surface area contributed by atoms with Crippen molar-refractivity contribution in [1.29, 1.82) is 0 Å². The Morgan fingerprint density at radius 3 is 2.58 bits per heavy atom. The van der Waals surface area contributed by atoms with Crippen molar-refractivity contribution in [2.75, 3.05) is 0 Å². The molecule has 2 aliphatic carbocycles. The molecule has 0 aromatic heterocycles. The molecule has 0 saturated heterocycles. The molecule has 0 heterocycles. The molecule has 0 radical (unpaired) electrons. The third-order valence-electron chi connectivity index (χ3n) is 6.08. The van der Waals surface area contributed by atoms with E-state index in [9.17, 15) is 5.11 Å². The van der Waals surface area contributed by atoms with Crippen LogP contribution in [0.3, 0.4) is 0 Å². The van der Waals surface area contributed by atoms with E-state index in [0.29, 0.717) is 22.6 Å². The van der Waals surface area contributed by atoms with Crippen molar-refractivity contribution in [3.8, 4) is 5.75 Å². The summed E-state index contributed by atoms with van der Waals surface area (Å²) >= 11 is 0. The van der Waals surface area contributed by atoms with Gasteiger partial charge >= 0.3 is 0 Å². The van der Waals surface area contributed by atoms with Gasteiger partial charge in [0.25, 0.3) is 0 Å². The highest BCUT2D eigenvalue weighted by molar-refractivity contribution is 5.83. The fraction of sp³-hybridized carbons (Fsp3) is 0.588. The summed E-state index contributed by atoms with van der Waals surface area (Å²) in [5, 5.41) is 9.79. The van der Waals surface area contributed by atoms with Crippen LogP contribution in [0, 0.1) is 16.7 Å². The Morgan fingerprint density at radius 2 is 2.00 bits per heavy atom. The van der Waals surface area contributed by atoms with E-state index in [4.69, 9.17) is 4.99 Å². The number of para-hydroxylation sites is 1. The first-order valence-corrected chi connectivity index (χ1v) is 7.26. The van der Waals surface area contributed by atoms with E-state index >= 15 is 0 Å². The van der Waals surface area contributed by atoms with Gasteiger partial charge in [0.05, 0.1) is 6.04 Å². The largest absolute Gasteiger partial charge is 0.507 e. The SMILES string of the molecule is CC1(C)[C@@H]2CC[C@@]1(C)[C@H](N=Cc1ccccc1O)C2. The number of hydrogen-bond acceptors (Lipinski definition) is 2. The molecule has 2 bridgehead atoms. The second kappa shape index (κ2) is 4.09. The van der Waals surface area contributed by atoms with Gasteiger partial charge in [-0.3, -0.25) is 4.99 Å².